The summed E-state index contributed by atoms with van der Waals surface area (Å²) >= 11 is 11.9. The van der Waals surface area contributed by atoms with Crippen LogP contribution in [0.4, 0.5) is 17.2 Å². The number of aromatic nitrogens is 2. The van der Waals surface area contributed by atoms with Gasteiger partial charge in [-0.05, 0) is 37.0 Å². The minimum absolute atomic E-state index is 0.0530. The number of hydrogen-bond acceptors (Lipinski definition) is 7. The van der Waals surface area contributed by atoms with Gasteiger partial charge in [0.15, 0.2) is 0 Å². The zero-order valence-electron chi connectivity index (χ0n) is 16.6. The zero-order chi connectivity index (χ0) is 23.6. The van der Waals surface area contributed by atoms with Crippen LogP contribution in [0.2, 0.25) is 10.0 Å². The number of hydrogen-bond donors (Lipinski definition) is 1. The Bertz CT molecular complexity index is 1230. The zero-order valence-corrected chi connectivity index (χ0v) is 18.1. The number of nitro benzene ring substituents is 1. The Labute approximate surface area is 190 Å². The fourth-order valence-electron chi connectivity index (χ4n) is 2.81. The maximum absolute atomic E-state index is 12.7. The molecule has 0 spiro atoms. The van der Waals surface area contributed by atoms with Crippen LogP contribution >= 0.6 is 23.2 Å². The van der Waals surface area contributed by atoms with Crippen LogP contribution in [-0.4, -0.2) is 25.5 Å². The van der Waals surface area contributed by atoms with Gasteiger partial charge in [0.05, 0.1) is 38.6 Å². The van der Waals surface area contributed by atoms with E-state index >= 15 is 0 Å². The fourth-order valence-corrected chi connectivity index (χ4v) is 3.26. The summed E-state index contributed by atoms with van der Waals surface area (Å²) in [5.41, 5.74) is 0.150. The van der Waals surface area contributed by atoms with Crippen LogP contribution in [-0.2, 0) is 4.79 Å². The van der Waals surface area contributed by atoms with E-state index in [1.807, 2.05) is 0 Å². The van der Waals surface area contributed by atoms with Gasteiger partial charge in [0, 0.05) is 17.2 Å². The molecule has 1 amide bonds. The molecule has 2 aromatic carbocycles. The highest BCUT2D eigenvalue weighted by atomic mass is 35.5. The molecule has 3 rings (SSSR count). The van der Waals surface area contributed by atoms with E-state index in [1.54, 1.807) is 6.92 Å². The molecule has 0 saturated carbocycles. The number of non-ortho nitro benzene ring substituents is 1. The van der Waals surface area contributed by atoms with Gasteiger partial charge in [-0.1, -0.05) is 23.2 Å². The lowest BCUT2D eigenvalue weighted by molar-refractivity contribution is -0.389. The number of carbonyl (C=O) groups excluding carboxylic acids is 1. The van der Waals surface area contributed by atoms with Gasteiger partial charge in [0.25, 0.3) is 11.6 Å². The lowest BCUT2D eigenvalue weighted by Crippen LogP contribution is -2.25. The molecule has 1 heterocycles. The van der Waals surface area contributed by atoms with Crippen LogP contribution in [0.5, 0.6) is 11.5 Å². The molecule has 0 saturated heterocycles. The largest absolute Gasteiger partial charge is 0.455 e. The van der Waals surface area contributed by atoms with Crippen LogP contribution in [0.25, 0.3) is 0 Å². The molecule has 0 radical (unpaired) electrons. The number of nitrogens with zero attached hydrogens (tertiary/aromatic N) is 4. The molecule has 0 aliphatic heterocycles. The lowest BCUT2D eigenvalue weighted by Gasteiger charge is -2.13. The van der Waals surface area contributed by atoms with Crippen molar-refractivity contribution in [2.45, 2.75) is 19.9 Å². The third-order valence-corrected chi connectivity index (χ3v) is 4.86. The number of ether oxygens (including phenoxy) is 1. The van der Waals surface area contributed by atoms with E-state index in [2.05, 4.69) is 10.4 Å². The summed E-state index contributed by atoms with van der Waals surface area (Å²) in [6, 6.07) is 8.49. The number of amides is 1. The second-order valence-corrected chi connectivity index (χ2v) is 7.50. The van der Waals surface area contributed by atoms with Gasteiger partial charge < -0.3 is 20.2 Å². The molecule has 1 N–H and O–H groups in total. The first-order valence-corrected chi connectivity index (χ1v) is 9.74. The predicted molar refractivity (Wildman–Crippen MR) is 117 cm³/mol. The first-order chi connectivity index (χ1) is 15.0. The molecule has 13 heteroatoms. The van der Waals surface area contributed by atoms with Gasteiger partial charge >= 0.3 is 5.82 Å². The van der Waals surface area contributed by atoms with E-state index in [0.717, 1.165) is 6.07 Å². The molecule has 0 fully saturated rings. The highest BCUT2D eigenvalue weighted by Crippen LogP contribution is 2.34. The van der Waals surface area contributed by atoms with E-state index in [1.165, 1.54) is 48.0 Å². The van der Waals surface area contributed by atoms with Crippen LogP contribution in [0.15, 0.2) is 42.5 Å². The van der Waals surface area contributed by atoms with Crippen LogP contribution in [0.1, 0.15) is 18.7 Å². The molecule has 166 valence electrons. The summed E-state index contributed by atoms with van der Waals surface area (Å²) in [5, 5.41) is 29.2. The molecule has 1 unspecified atom stereocenters. The molecular formula is C19H15Cl2N5O6. The van der Waals surface area contributed by atoms with Gasteiger partial charge in [-0.2, -0.15) is 4.68 Å². The topological polar surface area (TPSA) is 142 Å². The minimum atomic E-state index is -0.932. The molecule has 3 aromatic rings. The molecule has 0 bridgehead atoms. The number of benzene rings is 2. The van der Waals surface area contributed by atoms with E-state index < -0.39 is 27.6 Å². The maximum Gasteiger partial charge on any atom is 0.390 e. The minimum Gasteiger partial charge on any atom is -0.455 e. The summed E-state index contributed by atoms with van der Waals surface area (Å²) in [6.07, 6.45) is 0. The Morgan fingerprint density at radius 1 is 1.12 bits per heavy atom. The second kappa shape index (κ2) is 9.20. The molecule has 1 atom stereocenters. The average molecular weight is 480 g/mol. The van der Waals surface area contributed by atoms with Gasteiger partial charge in [-0.15, -0.1) is 0 Å². The molecule has 11 nitrogen and oxygen atoms in total. The van der Waals surface area contributed by atoms with E-state index in [4.69, 9.17) is 27.9 Å². The van der Waals surface area contributed by atoms with Crippen LogP contribution in [0.3, 0.4) is 0 Å². The van der Waals surface area contributed by atoms with Gasteiger partial charge in [-0.3, -0.25) is 14.9 Å². The highest BCUT2D eigenvalue weighted by Gasteiger charge is 2.25. The Kier molecular flexibility index (Phi) is 6.61. The fraction of sp³-hybridized carbons (Fsp3) is 0.158. The first-order valence-electron chi connectivity index (χ1n) is 8.99. The predicted octanol–water partition coefficient (Wildman–Crippen LogP) is 5.31. The van der Waals surface area contributed by atoms with Gasteiger partial charge in [0.2, 0.25) is 0 Å². The third kappa shape index (κ3) is 5.13. The smallest absolute Gasteiger partial charge is 0.390 e. The average Bonchev–Trinajstić information content (AvgIpc) is 3.11. The summed E-state index contributed by atoms with van der Waals surface area (Å²) < 4.78 is 6.82. The summed E-state index contributed by atoms with van der Waals surface area (Å²) in [6.45, 7) is 3.06. The van der Waals surface area contributed by atoms with Crippen molar-refractivity contribution in [1.29, 1.82) is 0 Å². The molecule has 0 aliphatic rings. The summed E-state index contributed by atoms with van der Waals surface area (Å²) in [7, 11) is 0. The standard InChI is InChI=1S/C19H15Cl2N5O6/c1-10-5-18(26(30)31)23-24(10)11(2)19(27)22-13-7-14(25(28)29)9-15(8-13)32-17-4-3-12(20)6-16(17)21/h3-9,11H,1-2H3,(H,22,27). The van der Waals surface area contributed by atoms with E-state index in [-0.39, 0.29) is 27.9 Å². The van der Waals surface area contributed by atoms with Crippen molar-refractivity contribution < 1.29 is 19.4 Å². The van der Waals surface area contributed by atoms with Crippen molar-refractivity contribution in [3.63, 3.8) is 0 Å². The summed E-state index contributed by atoms with van der Waals surface area (Å²) in [4.78, 5) is 33.6. The summed E-state index contributed by atoms with van der Waals surface area (Å²) in [5.74, 6) is -0.728. The second-order valence-electron chi connectivity index (χ2n) is 6.66. The highest BCUT2D eigenvalue weighted by molar-refractivity contribution is 6.35. The lowest BCUT2D eigenvalue weighted by atomic mass is 10.2. The Balaban J connectivity index is 1.87. The quantitative estimate of drug-likeness (QED) is 0.357. The van der Waals surface area contributed by atoms with Crippen LogP contribution < -0.4 is 10.1 Å². The Hall–Kier alpha value is -3.70. The molecular weight excluding hydrogens is 465 g/mol. The van der Waals surface area contributed by atoms with Gasteiger partial charge in [-0.25, -0.2) is 0 Å². The number of carbonyl (C=O) groups is 1. The number of halogens is 2. The van der Waals surface area contributed by atoms with E-state index in [9.17, 15) is 25.0 Å². The van der Waals surface area contributed by atoms with Crippen LogP contribution in [0, 0.1) is 27.2 Å². The van der Waals surface area contributed by atoms with Crippen molar-refractivity contribution in [1.82, 2.24) is 9.78 Å². The van der Waals surface area contributed by atoms with Crippen molar-refractivity contribution >= 4 is 46.3 Å². The molecule has 1 aromatic heterocycles. The number of rotatable bonds is 7. The number of nitrogens with one attached hydrogen (secondary N) is 1. The number of anilines is 1. The number of nitro groups is 2. The third-order valence-electron chi connectivity index (χ3n) is 4.33. The monoisotopic (exact) mass is 479 g/mol. The van der Waals surface area contributed by atoms with Crippen molar-refractivity contribution in [3.8, 4) is 11.5 Å². The maximum atomic E-state index is 12.7. The Morgan fingerprint density at radius 2 is 1.84 bits per heavy atom. The number of aryl methyl sites for hydroxylation is 1. The van der Waals surface area contributed by atoms with Crippen molar-refractivity contribution in [2.24, 2.45) is 0 Å². The van der Waals surface area contributed by atoms with E-state index in [0.29, 0.717) is 10.7 Å². The SMILES string of the molecule is Cc1cc([N+](=O)[O-])nn1C(C)C(=O)Nc1cc(Oc2ccc(Cl)cc2Cl)cc([N+](=O)[O-])c1. The van der Waals surface area contributed by atoms with Crippen molar-refractivity contribution in [3.05, 3.63) is 78.4 Å². The van der Waals surface area contributed by atoms with Crippen molar-refractivity contribution in [2.75, 3.05) is 5.32 Å². The normalized spacial score (nSPS) is 11.6. The van der Waals surface area contributed by atoms with Gasteiger partial charge in [0.1, 0.15) is 17.5 Å². The Morgan fingerprint density at radius 3 is 2.44 bits per heavy atom. The first kappa shape index (κ1) is 23.0. The molecule has 0 aliphatic carbocycles. The molecule has 32 heavy (non-hydrogen) atoms.